The lowest BCUT2D eigenvalue weighted by Gasteiger charge is -2.33. The maximum Gasteiger partial charge on any atom is 0.264 e. The minimum absolute atomic E-state index is 0.0129. The van der Waals surface area contributed by atoms with Crippen LogP contribution in [0.3, 0.4) is 0 Å². The Morgan fingerprint density at radius 1 is 0.923 bits per heavy atom. The van der Waals surface area contributed by atoms with Gasteiger partial charge in [-0.05, 0) is 94.3 Å². The van der Waals surface area contributed by atoms with Crippen molar-refractivity contribution in [3.05, 3.63) is 94.0 Å². The van der Waals surface area contributed by atoms with Gasteiger partial charge in [0.25, 0.3) is 10.0 Å². The lowest BCUT2D eigenvalue weighted by molar-refractivity contribution is -0.140. The number of benzene rings is 3. The predicted octanol–water partition coefficient (Wildman–Crippen LogP) is 5.83. The zero-order chi connectivity index (χ0) is 29.0. The van der Waals surface area contributed by atoms with Crippen LogP contribution < -0.4 is 9.62 Å². The summed E-state index contributed by atoms with van der Waals surface area (Å²) in [6.45, 7) is 8.52. The van der Waals surface area contributed by atoms with Crippen LogP contribution >= 0.6 is 23.2 Å². The van der Waals surface area contributed by atoms with Crippen LogP contribution in [0.15, 0.2) is 77.7 Å². The van der Waals surface area contributed by atoms with Crippen molar-refractivity contribution in [2.24, 2.45) is 0 Å². The van der Waals surface area contributed by atoms with Crippen molar-refractivity contribution < 1.29 is 18.0 Å². The Hall–Kier alpha value is -3.07. The Bertz CT molecular complexity index is 1440. The lowest BCUT2D eigenvalue weighted by atomic mass is 10.1. The van der Waals surface area contributed by atoms with Crippen LogP contribution in [-0.2, 0) is 26.2 Å². The summed E-state index contributed by atoms with van der Waals surface area (Å²) in [5.41, 5.74) is 1.33. The van der Waals surface area contributed by atoms with E-state index in [4.69, 9.17) is 23.2 Å². The summed E-state index contributed by atoms with van der Waals surface area (Å²) in [5, 5.41) is 3.77. The van der Waals surface area contributed by atoms with E-state index in [1.165, 1.54) is 29.2 Å². The number of rotatable bonds is 9. The molecule has 0 aromatic heterocycles. The Morgan fingerprint density at radius 3 is 2.15 bits per heavy atom. The second-order valence-electron chi connectivity index (χ2n) is 10.4. The number of hydrogen-bond acceptors (Lipinski definition) is 4. The molecule has 0 aliphatic heterocycles. The van der Waals surface area contributed by atoms with Crippen LogP contribution in [-0.4, -0.2) is 43.3 Å². The van der Waals surface area contributed by atoms with Gasteiger partial charge in [-0.15, -0.1) is 0 Å². The van der Waals surface area contributed by atoms with Gasteiger partial charge in [-0.2, -0.15) is 0 Å². The van der Waals surface area contributed by atoms with Crippen molar-refractivity contribution in [3.63, 3.8) is 0 Å². The SMILES string of the molecule is Cc1cccc(N(CC(=O)N(Cc2cccc(Cl)c2)[C@H](C)C(=O)NC(C)(C)C)S(=O)(=O)c2ccc(Cl)cc2)c1. The zero-order valence-electron chi connectivity index (χ0n) is 22.6. The van der Waals surface area contributed by atoms with Gasteiger partial charge in [0.1, 0.15) is 12.6 Å². The van der Waals surface area contributed by atoms with E-state index in [-0.39, 0.29) is 17.3 Å². The van der Waals surface area contributed by atoms with Crippen molar-refractivity contribution in [3.8, 4) is 0 Å². The molecule has 208 valence electrons. The van der Waals surface area contributed by atoms with E-state index in [9.17, 15) is 18.0 Å². The average Bonchev–Trinajstić information content (AvgIpc) is 2.84. The molecule has 0 spiro atoms. The van der Waals surface area contributed by atoms with Gasteiger partial charge in [-0.25, -0.2) is 8.42 Å². The second-order valence-corrected chi connectivity index (χ2v) is 13.1. The molecule has 0 saturated heterocycles. The molecule has 0 saturated carbocycles. The molecule has 0 radical (unpaired) electrons. The predicted molar refractivity (Wildman–Crippen MR) is 157 cm³/mol. The normalized spacial score (nSPS) is 12.5. The topological polar surface area (TPSA) is 86.8 Å². The van der Waals surface area contributed by atoms with Crippen LogP contribution in [0.4, 0.5) is 5.69 Å². The van der Waals surface area contributed by atoms with Crippen LogP contribution in [0.2, 0.25) is 10.0 Å². The number of aryl methyl sites for hydroxylation is 1. The van der Waals surface area contributed by atoms with E-state index in [2.05, 4.69) is 5.32 Å². The number of carbonyl (C=O) groups is 2. The van der Waals surface area contributed by atoms with Gasteiger partial charge >= 0.3 is 0 Å². The quantitative estimate of drug-likeness (QED) is 0.340. The number of nitrogens with one attached hydrogen (secondary N) is 1. The van der Waals surface area contributed by atoms with Gasteiger partial charge in [0.2, 0.25) is 11.8 Å². The number of halogens is 2. The van der Waals surface area contributed by atoms with E-state index in [0.717, 1.165) is 9.87 Å². The van der Waals surface area contributed by atoms with Gasteiger partial charge < -0.3 is 10.2 Å². The number of anilines is 1. The first-order valence-corrected chi connectivity index (χ1v) is 14.6. The number of carbonyl (C=O) groups excluding carboxylic acids is 2. The lowest BCUT2D eigenvalue weighted by Crippen LogP contribution is -2.54. The van der Waals surface area contributed by atoms with Crippen LogP contribution in [0.25, 0.3) is 0 Å². The summed E-state index contributed by atoms with van der Waals surface area (Å²) in [7, 11) is -4.17. The Labute approximate surface area is 240 Å². The van der Waals surface area contributed by atoms with E-state index in [1.54, 1.807) is 49.4 Å². The third-order valence-corrected chi connectivity index (χ3v) is 8.15. The fourth-order valence-corrected chi connectivity index (χ4v) is 5.68. The standard InChI is InChI=1S/C29H33Cl2N3O4S/c1-20-8-6-11-25(16-20)34(39(37,38)26-14-12-23(30)13-15-26)19-27(35)33(18-22-9-7-10-24(31)17-22)21(2)28(36)32-29(3,4)5/h6-17,21H,18-19H2,1-5H3,(H,32,36)/t21-/m1/s1. The monoisotopic (exact) mass is 589 g/mol. The van der Waals surface area contributed by atoms with Crippen molar-refractivity contribution >= 4 is 50.7 Å². The highest BCUT2D eigenvalue weighted by atomic mass is 35.5. The highest BCUT2D eigenvalue weighted by molar-refractivity contribution is 7.92. The Balaban J connectivity index is 2.04. The molecule has 3 aromatic carbocycles. The van der Waals surface area contributed by atoms with E-state index < -0.39 is 34.1 Å². The summed E-state index contributed by atoms with van der Waals surface area (Å²) < 4.78 is 28.7. The van der Waals surface area contributed by atoms with E-state index in [0.29, 0.717) is 21.3 Å². The van der Waals surface area contributed by atoms with Gasteiger partial charge in [-0.3, -0.25) is 13.9 Å². The van der Waals surface area contributed by atoms with Crippen LogP contribution in [0.1, 0.15) is 38.8 Å². The zero-order valence-corrected chi connectivity index (χ0v) is 24.9. The smallest absolute Gasteiger partial charge is 0.264 e. The average molecular weight is 591 g/mol. The molecule has 0 bridgehead atoms. The molecule has 1 N–H and O–H groups in total. The molecule has 3 aromatic rings. The minimum atomic E-state index is -4.17. The van der Waals surface area contributed by atoms with Gasteiger partial charge in [0.15, 0.2) is 0 Å². The third kappa shape index (κ3) is 8.21. The molecule has 7 nitrogen and oxygen atoms in total. The largest absolute Gasteiger partial charge is 0.350 e. The molecule has 3 rings (SSSR count). The highest BCUT2D eigenvalue weighted by Crippen LogP contribution is 2.26. The number of nitrogens with zero attached hydrogens (tertiary/aromatic N) is 2. The fraction of sp³-hybridized carbons (Fsp3) is 0.310. The number of hydrogen-bond donors (Lipinski definition) is 1. The van der Waals surface area contributed by atoms with Crippen molar-refractivity contribution in [1.82, 2.24) is 10.2 Å². The first-order chi connectivity index (χ1) is 18.2. The summed E-state index contributed by atoms with van der Waals surface area (Å²) in [5.74, 6) is -0.911. The van der Waals surface area contributed by atoms with Crippen molar-refractivity contribution in [2.45, 2.75) is 57.6 Å². The Kier molecular flexibility index (Phi) is 9.69. The fourth-order valence-electron chi connectivity index (χ4n) is 3.93. The number of sulfonamides is 1. The molecular formula is C29H33Cl2N3O4S. The molecular weight excluding hydrogens is 557 g/mol. The van der Waals surface area contributed by atoms with Crippen LogP contribution in [0.5, 0.6) is 0 Å². The van der Waals surface area contributed by atoms with Gasteiger partial charge in [-0.1, -0.05) is 47.5 Å². The molecule has 0 fully saturated rings. The maximum atomic E-state index is 13.9. The number of amides is 2. The minimum Gasteiger partial charge on any atom is -0.350 e. The molecule has 0 heterocycles. The summed E-state index contributed by atoms with van der Waals surface area (Å²) in [6.07, 6.45) is 0. The molecule has 0 aliphatic carbocycles. The summed E-state index contributed by atoms with van der Waals surface area (Å²) in [4.78, 5) is 28.4. The molecule has 0 unspecified atom stereocenters. The van der Waals surface area contributed by atoms with Crippen molar-refractivity contribution in [2.75, 3.05) is 10.8 Å². The van der Waals surface area contributed by atoms with E-state index in [1.807, 2.05) is 33.8 Å². The maximum absolute atomic E-state index is 13.9. The molecule has 2 amide bonds. The Morgan fingerprint density at radius 2 is 1.56 bits per heavy atom. The molecule has 39 heavy (non-hydrogen) atoms. The van der Waals surface area contributed by atoms with E-state index >= 15 is 0 Å². The van der Waals surface area contributed by atoms with Gasteiger partial charge in [0, 0.05) is 22.1 Å². The van der Waals surface area contributed by atoms with Gasteiger partial charge in [0.05, 0.1) is 10.6 Å². The van der Waals surface area contributed by atoms with Crippen molar-refractivity contribution in [1.29, 1.82) is 0 Å². The summed E-state index contributed by atoms with van der Waals surface area (Å²) >= 11 is 12.2. The van der Waals surface area contributed by atoms with Crippen LogP contribution in [0, 0.1) is 6.92 Å². The second kappa shape index (κ2) is 12.4. The third-order valence-electron chi connectivity index (χ3n) is 5.88. The molecule has 0 aliphatic rings. The first-order valence-electron chi connectivity index (χ1n) is 12.4. The first kappa shape index (κ1) is 30.5. The molecule has 10 heteroatoms. The summed E-state index contributed by atoms with van der Waals surface area (Å²) in [6, 6.07) is 18.7. The highest BCUT2D eigenvalue weighted by Gasteiger charge is 2.33. The molecule has 1 atom stereocenters.